The lowest BCUT2D eigenvalue weighted by Gasteiger charge is -2.32. The molecular weight excluding hydrogens is 267 g/mol. The molecule has 0 unspecified atom stereocenters. The minimum absolute atomic E-state index is 0.110. The van der Waals surface area contributed by atoms with E-state index < -0.39 is 7.12 Å². The maximum Gasteiger partial charge on any atom is 0.496 e. The monoisotopic (exact) mass is 288 g/mol. The Kier molecular flexibility index (Phi) is 3.15. The molecule has 2 aliphatic rings. The van der Waals surface area contributed by atoms with Gasteiger partial charge in [-0.05, 0) is 39.7 Å². The average Bonchev–Trinajstić information content (AvgIpc) is 2.63. The summed E-state index contributed by atoms with van der Waals surface area (Å²) < 4.78 is 12.1. The molecule has 1 aromatic rings. The zero-order valence-electron chi connectivity index (χ0n) is 13.3. The number of aryl methyl sites for hydroxylation is 1. The Morgan fingerprint density at radius 3 is 2.43 bits per heavy atom. The fraction of sp³-hybridized carbons (Fsp3) is 0.600. The van der Waals surface area contributed by atoms with Crippen LogP contribution in [-0.2, 0) is 20.5 Å². The molecule has 0 spiro atoms. The summed E-state index contributed by atoms with van der Waals surface area (Å²) in [5.41, 5.74) is 1.26. The van der Waals surface area contributed by atoms with E-state index in [1.807, 2.05) is 33.8 Å². The Morgan fingerprint density at radius 2 is 1.81 bits per heavy atom. The van der Waals surface area contributed by atoms with Crippen LogP contribution in [0.1, 0.15) is 39.7 Å². The Hall–Kier alpha value is -1.40. The second kappa shape index (κ2) is 4.55. The minimum atomic E-state index is -0.407. The zero-order valence-corrected chi connectivity index (χ0v) is 13.3. The fourth-order valence-corrected chi connectivity index (χ4v) is 2.64. The molecule has 1 saturated heterocycles. The van der Waals surface area contributed by atoms with Crippen LogP contribution in [0.3, 0.4) is 0 Å². The molecule has 0 bridgehead atoms. The lowest BCUT2D eigenvalue weighted by Crippen LogP contribution is -2.41. The molecule has 0 saturated carbocycles. The van der Waals surface area contributed by atoms with E-state index >= 15 is 0 Å². The smallest absolute Gasteiger partial charge is 0.399 e. The summed E-state index contributed by atoms with van der Waals surface area (Å²) >= 11 is 0. The van der Waals surface area contributed by atoms with Gasteiger partial charge in [0.1, 0.15) is 5.82 Å². The summed E-state index contributed by atoms with van der Waals surface area (Å²) in [6.07, 6.45) is 2.99. The van der Waals surface area contributed by atoms with E-state index in [1.165, 1.54) is 0 Å². The first-order valence-electron chi connectivity index (χ1n) is 7.32. The number of aromatic nitrogens is 1. The van der Waals surface area contributed by atoms with Gasteiger partial charge in [-0.15, -0.1) is 0 Å². The van der Waals surface area contributed by atoms with E-state index in [1.54, 1.807) is 18.1 Å². The molecule has 3 heterocycles. The number of fused-ring (bicyclic) bond motifs is 1. The van der Waals surface area contributed by atoms with Crippen molar-refractivity contribution in [1.82, 2.24) is 4.98 Å². The van der Waals surface area contributed by atoms with E-state index in [4.69, 9.17) is 9.31 Å². The molecule has 1 amide bonds. The van der Waals surface area contributed by atoms with E-state index in [2.05, 4.69) is 4.98 Å². The third-order valence-electron chi connectivity index (χ3n) is 4.79. The van der Waals surface area contributed by atoms with Gasteiger partial charge >= 0.3 is 7.12 Å². The fourth-order valence-electron chi connectivity index (χ4n) is 2.64. The van der Waals surface area contributed by atoms with E-state index in [9.17, 15) is 4.79 Å². The lowest BCUT2D eigenvalue weighted by atomic mass is 9.79. The van der Waals surface area contributed by atoms with Crippen molar-refractivity contribution in [2.45, 2.75) is 51.7 Å². The number of nitrogens with zero attached hydrogens (tertiary/aromatic N) is 2. The Morgan fingerprint density at radius 1 is 1.19 bits per heavy atom. The van der Waals surface area contributed by atoms with Crippen LogP contribution in [0.2, 0.25) is 0 Å². The summed E-state index contributed by atoms with van der Waals surface area (Å²) in [6.45, 7) is 8.13. The highest BCUT2D eigenvalue weighted by atomic mass is 16.7. The number of hydrogen-bond acceptors (Lipinski definition) is 4. The van der Waals surface area contributed by atoms with E-state index in [0.29, 0.717) is 6.42 Å². The average molecular weight is 288 g/mol. The van der Waals surface area contributed by atoms with Gasteiger partial charge in [-0.2, -0.15) is 0 Å². The molecule has 1 aromatic heterocycles. The second-order valence-corrected chi connectivity index (χ2v) is 6.79. The molecule has 0 N–H and O–H groups in total. The number of pyridine rings is 1. The van der Waals surface area contributed by atoms with Gasteiger partial charge in [0.2, 0.25) is 5.91 Å². The van der Waals surface area contributed by atoms with E-state index in [0.717, 1.165) is 23.3 Å². The minimum Gasteiger partial charge on any atom is -0.399 e. The summed E-state index contributed by atoms with van der Waals surface area (Å²) in [7, 11) is 1.36. The van der Waals surface area contributed by atoms with Crippen LogP contribution in [0.4, 0.5) is 5.82 Å². The standard InChI is InChI=1S/C15H21BN2O3/c1-14(2)15(3,4)21-16(20-14)11-8-10-6-7-12(19)18(5)13(10)17-9-11/h8-9H,6-7H2,1-5H3. The van der Waals surface area contributed by atoms with Crippen LogP contribution in [0.25, 0.3) is 0 Å². The van der Waals surface area contributed by atoms with Crippen molar-refractivity contribution in [3.8, 4) is 0 Å². The summed E-state index contributed by atoms with van der Waals surface area (Å²) in [4.78, 5) is 17.8. The van der Waals surface area contributed by atoms with Crippen molar-refractivity contribution in [3.05, 3.63) is 17.8 Å². The summed E-state index contributed by atoms with van der Waals surface area (Å²) in [5, 5.41) is 0. The molecular formula is C15H21BN2O3. The van der Waals surface area contributed by atoms with Gasteiger partial charge in [-0.3, -0.25) is 9.69 Å². The van der Waals surface area contributed by atoms with Crippen molar-refractivity contribution in [1.29, 1.82) is 0 Å². The van der Waals surface area contributed by atoms with Gasteiger partial charge in [-0.1, -0.05) is 6.07 Å². The normalized spacial score (nSPS) is 23.4. The molecule has 2 aliphatic heterocycles. The molecule has 0 atom stereocenters. The number of hydrogen-bond donors (Lipinski definition) is 0. The van der Waals surface area contributed by atoms with Crippen LogP contribution >= 0.6 is 0 Å². The summed E-state index contributed by atoms with van der Waals surface area (Å²) in [5.74, 6) is 0.852. The Balaban J connectivity index is 1.91. The van der Waals surface area contributed by atoms with Gasteiger partial charge in [0.15, 0.2) is 0 Å². The van der Waals surface area contributed by atoms with Crippen LogP contribution < -0.4 is 10.4 Å². The van der Waals surface area contributed by atoms with Crippen LogP contribution in [-0.4, -0.2) is 36.3 Å². The number of carbonyl (C=O) groups excluding carboxylic acids is 1. The Bertz CT molecular complexity index is 585. The second-order valence-electron chi connectivity index (χ2n) is 6.79. The number of amides is 1. The molecule has 5 nitrogen and oxygen atoms in total. The first kappa shape index (κ1) is 14.5. The predicted molar refractivity (Wildman–Crippen MR) is 81.7 cm³/mol. The van der Waals surface area contributed by atoms with Gasteiger partial charge in [0, 0.05) is 25.1 Å². The third-order valence-corrected chi connectivity index (χ3v) is 4.79. The maximum atomic E-state index is 11.7. The van der Waals surface area contributed by atoms with Crippen molar-refractivity contribution in [2.75, 3.05) is 11.9 Å². The Labute approximate surface area is 125 Å². The largest absolute Gasteiger partial charge is 0.496 e. The molecule has 3 rings (SSSR count). The highest BCUT2D eigenvalue weighted by molar-refractivity contribution is 6.62. The van der Waals surface area contributed by atoms with Gasteiger partial charge < -0.3 is 9.31 Å². The molecule has 0 aliphatic carbocycles. The predicted octanol–water partition coefficient (Wildman–Crippen LogP) is 1.29. The first-order valence-corrected chi connectivity index (χ1v) is 7.32. The highest BCUT2D eigenvalue weighted by Gasteiger charge is 2.52. The van der Waals surface area contributed by atoms with Crippen molar-refractivity contribution >= 4 is 24.3 Å². The van der Waals surface area contributed by atoms with Crippen molar-refractivity contribution < 1.29 is 14.1 Å². The molecule has 0 aromatic carbocycles. The van der Waals surface area contributed by atoms with Crippen molar-refractivity contribution in [2.24, 2.45) is 0 Å². The van der Waals surface area contributed by atoms with Crippen molar-refractivity contribution in [3.63, 3.8) is 0 Å². The zero-order chi connectivity index (χ0) is 15.4. The molecule has 21 heavy (non-hydrogen) atoms. The molecule has 6 heteroatoms. The van der Waals surface area contributed by atoms with Crippen LogP contribution in [0.5, 0.6) is 0 Å². The molecule has 112 valence electrons. The van der Waals surface area contributed by atoms with Gasteiger partial charge in [-0.25, -0.2) is 4.98 Å². The quantitative estimate of drug-likeness (QED) is 0.731. The van der Waals surface area contributed by atoms with Crippen LogP contribution in [0, 0.1) is 0 Å². The van der Waals surface area contributed by atoms with Gasteiger partial charge in [0.05, 0.1) is 11.2 Å². The topological polar surface area (TPSA) is 51.7 Å². The summed E-state index contributed by atoms with van der Waals surface area (Å²) in [6, 6.07) is 2.05. The van der Waals surface area contributed by atoms with E-state index in [-0.39, 0.29) is 17.1 Å². The SMILES string of the molecule is CN1C(=O)CCc2cc(B3OC(C)(C)C(C)(C)O3)cnc21. The molecule has 0 radical (unpaired) electrons. The molecule has 1 fully saturated rings. The van der Waals surface area contributed by atoms with Gasteiger partial charge in [0.25, 0.3) is 0 Å². The third kappa shape index (κ3) is 2.26. The number of carbonyl (C=O) groups is 1. The maximum absolute atomic E-state index is 11.7. The number of anilines is 1. The first-order chi connectivity index (χ1) is 9.71. The highest BCUT2D eigenvalue weighted by Crippen LogP contribution is 2.36. The lowest BCUT2D eigenvalue weighted by molar-refractivity contribution is -0.118. The number of rotatable bonds is 1. The van der Waals surface area contributed by atoms with Crippen LogP contribution in [0.15, 0.2) is 12.3 Å².